The predicted octanol–water partition coefficient (Wildman–Crippen LogP) is 3.23. The van der Waals surface area contributed by atoms with Crippen LogP contribution in [0.2, 0.25) is 0 Å². The van der Waals surface area contributed by atoms with Crippen LogP contribution < -0.4 is 15.0 Å². The molecule has 0 amide bonds. The Kier molecular flexibility index (Phi) is 4.93. The predicted molar refractivity (Wildman–Crippen MR) is 102 cm³/mol. The molecule has 6 heteroatoms. The molecular weight excluding hydrogens is 332 g/mol. The summed E-state index contributed by atoms with van der Waals surface area (Å²) < 4.78 is 17.7. The van der Waals surface area contributed by atoms with Crippen LogP contribution in [0.25, 0.3) is 28.0 Å². The topological polar surface area (TPSA) is 62.6 Å². The second-order valence-electron chi connectivity index (χ2n) is 5.71. The molecule has 3 aromatic rings. The molecule has 0 saturated carbocycles. The molecule has 0 bridgehead atoms. The quantitative estimate of drug-likeness (QED) is 0.660. The van der Waals surface area contributed by atoms with E-state index in [2.05, 4.69) is 4.98 Å². The van der Waals surface area contributed by atoms with E-state index in [0.29, 0.717) is 16.9 Å². The summed E-state index contributed by atoms with van der Waals surface area (Å²) in [5.74, 6) is 1.34. The number of hydrogen-bond acceptors (Lipinski definition) is 5. The second-order valence-corrected chi connectivity index (χ2v) is 5.71. The highest BCUT2D eigenvalue weighted by atomic mass is 16.5. The monoisotopic (exact) mass is 352 g/mol. The van der Waals surface area contributed by atoms with E-state index in [0.717, 1.165) is 22.1 Å². The molecule has 3 rings (SSSR count). The summed E-state index contributed by atoms with van der Waals surface area (Å²) in [6.45, 7) is 0. The summed E-state index contributed by atoms with van der Waals surface area (Å²) in [5, 5.41) is 1.36. The van der Waals surface area contributed by atoms with Crippen LogP contribution in [0.4, 0.5) is 0 Å². The van der Waals surface area contributed by atoms with Crippen molar-refractivity contribution < 1.29 is 14.2 Å². The van der Waals surface area contributed by atoms with E-state index >= 15 is 0 Å². The van der Waals surface area contributed by atoms with Gasteiger partial charge in [0.05, 0.1) is 33.0 Å². The molecule has 0 unspecified atom stereocenters. The maximum Gasteiger partial charge on any atom is 0.259 e. The fraction of sp³-hybridized carbons (Fsp3) is 0.200. The van der Waals surface area contributed by atoms with Gasteiger partial charge in [0.15, 0.2) is 0 Å². The van der Waals surface area contributed by atoms with Crippen LogP contribution in [-0.4, -0.2) is 30.9 Å². The maximum atomic E-state index is 12.4. The molecular formula is C20H20N2O4. The van der Waals surface area contributed by atoms with Gasteiger partial charge in [0, 0.05) is 42.3 Å². The summed E-state index contributed by atoms with van der Waals surface area (Å²) in [6, 6.07) is 5.60. The summed E-state index contributed by atoms with van der Waals surface area (Å²) in [4.78, 5) is 16.5. The number of rotatable bonds is 5. The fourth-order valence-electron chi connectivity index (χ4n) is 2.93. The Labute approximate surface area is 151 Å². The number of nitrogens with zero attached hydrogens (tertiary/aromatic N) is 2. The Bertz CT molecular complexity index is 1040. The van der Waals surface area contributed by atoms with Crippen molar-refractivity contribution in [1.29, 1.82) is 0 Å². The first-order chi connectivity index (χ1) is 12.6. The van der Waals surface area contributed by atoms with Gasteiger partial charge in [-0.1, -0.05) is 0 Å². The summed E-state index contributed by atoms with van der Waals surface area (Å²) in [7, 11) is 6.52. The lowest BCUT2D eigenvalue weighted by Gasteiger charge is -2.16. The number of fused-ring (bicyclic) bond motifs is 1. The van der Waals surface area contributed by atoms with Crippen LogP contribution in [0.5, 0.6) is 11.5 Å². The molecule has 2 aromatic heterocycles. The second kappa shape index (κ2) is 7.31. The van der Waals surface area contributed by atoms with E-state index in [1.54, 1.807) is 63.9 Å². The molecule has 0 aliphatic rings. The van der Waals surface area contributed by atoms with Gasteiger partial charge < -0.3 is 18.8 Å². The average Bonchev–Trinajstić information content (AvgIpc) is 2.68. The molecule has 26 heavy (non-hydrogen) atoms. The van der Waals surface area contributed by atoms with Crippen LogP contribution in [0.15, 0.2) is 47.8 Å². The van der Waals surface area contributed by atoms with Crippen LogP contribution >= 0.6 is 0 Å². The lowest BCUT2D eigenvalue weighted by Crippen LogP contribution is -2.16. The Morgan fingerprint density at radius 1 is 1.04 bits per heavy atom. The minimum absolute atomic E-state index is 0.0950. The first-order valence-corrected chi connectivity index (χ1v) is 7.99. The number of methoxy groups -OCH3 is 3. The van der Waals surface area contributed by atoms with Crippen molar-refractivity contribution in [3.05, 3.63) is 59.0 Å². The lowest BCUT2D eigenvalue weighted by molar-refractivity contribution is 0.341. The zero-order valence-electron chi connectivity index (χ0n) is 15.1. The molecule has 134 valence electrons. The third-order valence-corrected chi connectivity index (χ3v) is 4.21. The van der Waals surface area contributed by atoms with Crippen molar-refractivity contribution in [3.63, 3.8) is 0 Å². The summed E-state index contributed by atoms with van der Waals surface area (Å²) >= 11 is 0. The van der Waals surface area contributed by atoms with Crippen LogP contribution in [0.3, 0.4) is 0 Å². The number of aryl methyl sites for hydroxylation is 1. The molecule has 0 N–H and O–H groups in total. The highest BCUT2D eigenvalue weighted by Crippen LogP contribution is 2.39. The normalized spacial score (nSPS) is 11.1. The van der Waals surface area contributed by atoms with Gasteiger partial charge in [-0.05, 0) is 29.7 Å². The van der Waals surface area contributed by atoms with Gasteiger partial charge in [-0.3, -0.25) is 9.78 Å². The molecule has 0 aliphatic heterocycles. The highest BCUT2D eigenvalue weighted by Gasteiger charge is 2.16. The van der Waals surface area contributed by atoms with E-state index in [4.69, 9.17) is 14.2 Å². The van der Waals surface area contributed by atoms with Gasteiger partial charge in [0.25, 0.3) is 5.56 Å². The SMILES string of the molecule is CO/C=C/c1cc(OC)c(-c2cn(C)c(=O)c3cnccc23)cc1OC. The van der Waals surface area contributed by atoms with Crippen molar-refractivity contribution in [3.8, 4) is 22.6 Å². The number of pyridine rings is 2. The Morgan fingerprint density at radius 3 is 2.50 bits per heavy atom. The van der Waals surface area contributed by atoms with Crippen LogP contribution in [0.1, 0.15) is 5.56 Å². The number of benzene rings is 1. The Balaban J connectivity index is 2.34. The first kappa shape index (κ1) is 17.5. The zero-order chi connectivity index (χ0) is 18.7. The van der Waals surface area contributed by atoms with E-state index in [1.165, 1.54) is 0 Å². The molecule has 0 spiro atoms. The van der Waals surface area contributed by atoms with Gasteiger partial charge >= 0.3 is 0 Å². The Morgan fingerprint density at radius 2 is 1.81 bits per heavy atom. The number of ether oxygens (including phenoxy) is 3. The van der Waals surface area contributed by atoms with E-state index in [9.17, 15) is 4.79 Å². The Hall–Kier alpha value is -3.28. The minimum Gasteiger partial charge on any atom is -0.504 e. The molecule has 0 saturated heterocycles. The molecule has 0 aliphatic carbocycles. The number of hydrogen-bond donors (Lipinski definition) is 0. The first-order valence-electron chi connectivity index (χ1n) is 7.99. The van der Waals surface area contributed by atoms with Gasteiger partial charge in [-0.2, -0.15) is 0 Å². The van der Waals surface area contributed by atoms with E-state index in [1.807, 2.05) is 18.2 Å². The third-order valence-electron chi connectivity index (χ3n) is 4.21. The van der Waals surface area contributed by atoms with Crippen molar-refractivity contribution in [2.24, 2.45) is 7.05 Å². The van der Waals surface area contributed by atoms with Crippen molar-refractivity contribution >= 4 is 16.8 Å². The largest absolute Gasteiger partial charge is 0.504 e. The molecule has 6 nitrogen and oxygen atoms in total. The number of aromatic nitrogens is 2. The van der Waals surface area contributed by atoms with Gasteiger partial charge in [-0.25, -0.2) is 0 Å². The van der Waals surface area contributed by atoms with Gasteiger partial charge in [0.1, 0.15) is 11.5 Å². The van der Waals surface area contributed by atoms with Crippen molar-refractivity contribution in [2.75, 3.05) is 21.3 Å². The van der Waals surface area contributed by atoms with Crippen LogP contribution in [-0.2, 0) is 11.8 Å². The highest BCUT2D eigenvalue weighted by molar-refractivity contribution is 5.97. The summed E-state index contributed by atoms with van der Waals surface area (Å²) in [5.41, 5.74) is 2.42. The summed E-state index contributed by atoms with van der Waals surface area (Å²) in [6.07, 6.45) is 8.43. The molecule has 0 fully saturated rings. The van der Waals surface area contributed by atoms with Gasteiger partial charge in [-0.15, -0.1) is 0 Å². The lowest BCUT2D eigenvalue weighted by atomic mass is 9.98. The van der Waals surface area contributed by atoms with E-state index in [-0.39, 0.29) is 5.56 Å². The molecule has 2 heterocycles. The van der Waals surface area contributed by atoms with Crippen molar-refractivity contribution in [2.45, 2.75) is 0 Å². The van der Waals surface area contributed by atoms with Crippen LogP contribution in [0, 0.1) is 0 Å². The molecule has 0 atom stereocenters. The molecule has 1 aromatic carbocycles. The maximum absolute atomic E-state index is 12.4. The van der Waals surface area contributed by atoms with Crippen molar-refractivity contribution in [1.82, 2.24) is 9.55 Å². The third kappa shape index (κ3) is 3.01. The van der Waals surface area contributed by atoms with Gasteiger partial charge in [0.2, 0.25) is 0 Å². The standard InChI is InChI=1S/C20H20N2O4/c1-22-12-17(14-5-7-21-11-16(14)20(22)23)15-10-18(25-3)13(6-8-24-2)9-19(15)26-4/h5-12H,1-4H3/b8-6+. The molecule has 0 radical (unpaired) electrons. The minimum atomic E-state index is -0.0950. The zero-order valence-corrected chi connectivity index (χ0v) is 15.1. The van der Waals surface area contributed by atoms with E-state index < -0.39 is 0 Å². The smallest absolute Gasteiger partial charge is 0.259 e. The average molecular weight is 352 g/mol. The fourth-order valence-corrected chi connectivity index (χ4v) is 2.93.